The summed E-state index contributed by atoms with van der Waals surface area (Å²) in [4.78, 5) is 20.9. The molecule has 0 aromatic heterocycles. The largest absolute Gasteiger partial charge is 0.459 e. The van der Waals surface area contributed by atoms with Crippen LogP contribution in [0.3, 0.4) is 0 Å². The van der Waals surface area contributed by atoms with E-state index < -0.39 is 11.9 Å². The lowest BCUT2D eigenvalue weighted by Gasteiger charge is -2.04. The maximum atomic E-state index is 10.5. The molecule has 0 saturated heterocycles. The van der Waals surface area contributed by atoms with Crippen LogP contribution >= 0.6 is 0 Å². The average Bonchev–Trinajstić information content (AvgIpc) is 2.07. The number of hydrogen-bond acceptors (Lipinski definition) is 4. The molecule has 0 N–H and O–H groups in total. The minimum absolute atomic E-state index is 0.134. The third-order valence-electron chi connectivity index (χ3n) is 0.927. The fraction of sp³-hybridized carbons (Fsp3) is 0.333. The first-order chi connectivity index (χ1) is 6.20. The highest BCUT2D eigenvalue weighted by Crippen LogP contribution is 1.90. The van der Waals surface area contributed by atoms with Gasteiger partial charge in [0.2, 0.25) is 0 Å². The van der Waals surface area contributed by atoms with Gasteiger partial charge in [0.1, 0.15) is 13.2 Å². The Labute approximate surface area is 76.8 Å². The van der Waals surface area contributed by atoms with Crippen molar-refractivity contribution in [2.45, 2.75) is 6.92 Å². The number of rotatable bonds is 0. The van der Waals surface area contributed by atoms with E-state index >= 15 is 0 Å². The second-order valence-electron chi connectivity index (χ2n) is 2.08. The fourth-order valence-corrected chi connectivity index (χ4v) is 0.517. The first kappa shape index (κ1) is 11.4. The van der Waals surface area contributed by atoms with Crippen LogP contribution < -0.4 is 0 Å². The van der Waals surface area contributed by atoms with Crippen LogP contribution in [0.4, 0.5) is 0 Å². The number of carbonyl (C=O) groups excluding carboxylic acids is 2. The summed E-state index contributed by atoms with van der Waals surface area (Å²) in [6, 6.07) is 0. The quantitative estimate of drug-likeness (QED) is 0.413. The molecule has 0 unspecified atom stereocenters. The van der Waals surface area contributed by atoms with E-state index in [0.29, 0.717) is 0 Å². The molecule has 0 saturated carbocycles. The van der Waals surface area contributed by atoms with Crippen molar-refractivity contribution >= 4 is 11.9 Å². The molecule has 4 nitrogen and oxygen atoms in total. The molecule has 0 aliphatic carbocycles. The number of hydrogen-bond donors (Lipinski definition) is 0. The molecule has 72 valence electrons. The Balaban J connectivity index is 0.000000424. The van der Waals surface area contributed by atoms with Gasteiger partial charge in [0.25, 0.3) is 0 Å². The Morgan fingerprint density at radius 2 is 1.54 bits per heavy atom. The van der Waals surface area contributed by atoms with Gasteiger partial charge in [0.05, 0.1) is 0 Å². The average molecular weight is 184 g/mol. The van der Waals surface area contributed by atoms with Gasteiger partial charge in [-0.2, -0.15) is 0 Å². The maximum Gasteiger partial charge on any atom is 0.331 e. The van der Waals surface area contributed by atoms with Crippen molar-refractivity contribution in [3.63, 3.8) is 0 Å². The predicted octanol–water partition coefficient (Wildman–Crippen LogP) is 0.835. The SMILES string of the molecule is C=CC.O=C1/C=C\C(=O)OCCO1. The lowest BCUT2D eigenvalue weighted by molar-refractivity contribution is -0.148. The summed E-state index contributed by atoms with van der Waals surface area (Å²) in [5.74, 6) is -1.01. The van der Waals surface area contributed by atoms with E-state index in [-0.39, 0.29) is 13.2 Å². The molecule has 0 spiro atoms. The molecule has 4 heteroatoms. The number of esters is 2. The zero-order chi connectivity index (χ0) is 10.1. The van der Waals surface area contributed by atoms with Crippen LogP contribution in [0.15, 0.2) is 24.8 Å². The number of carbonyl (C=O) groups is 2. The van der Waals surface area contributed by atoms with Gasteiger partial charge in [0, 0.05) is 12.2 Å². The topological polar surface area (TPSA) is 52.6 Å². The Kier molecular flexibility index (Phi) is 6.23. The molecule has 1 rings (SSSR count). The van der Waals surface area contributed by atoms with Gasteiger partial charge in [-0.05, 0) is 6.92 Å². The molecule has 0 radical (unpaired) electrons. The number of allylic oxidation sites excluding steroid dienone is 1. The first-order valence-corrected chi connectivity index (χ1v) is 3.79. The van der Waals surface area contributed by atoms with Crippen molar-refractivity contribution in [2.24, 2.45) is 0 Å². The minimum atomic E-state index is -0.503. The van der Waals surface area contributed by atoms with Crippen molar-refractivity contribution in [1.82, 2.24) is 0 Å². The van der Waals surface area contributed by atoms with Crippen molar-refractivity contribution in [3.05, 3.63) is 24.8 Å². The van der Waals surface area contributed by atoms with E-state index in [1.165, 1.54) is 0 Å². The van der Waals surface area contributed by atoms with Gasteiger partial charge in [-0.1, -0.05) is 6.08 Å². The lowest BCUT2D eigenvalue weighted by Crippen LogP contribution is -2.14. The van der Waals surface area contributed by atoms with Gasteiger partial charge in [0.15, 0.2) is 0 Å². The lowest BCUT2D eigenvalue weighted by atomic mass is 10.5. The molecule has 0 fully saturated rings. The summed E-state index contributed by atoms with van der Waals surface area (Å²) >= 11 is 0. The molecular formula is C9H12O4. The third-order valence-corrected chi connectivity index (χ3v) is 0.927. The summed E-state index contributed by atoms with van der Waals surface area (Å²) in [6.45, 7) is 5.52. The van der Waals surface area contributed by atoms with E-state index in [0.717, 1.165) is 12.2 Å². The molecule has 13 heavy (non-hydrogen) atoms. The van der Waals surface area contributed by atoms with Gasteiger partial charge in [-0.3, -0.25) is 0 Å². The van der Waals surface area contributed by atoms with E-state index in [1.54, 1.807) is 6.08 Å². The molecule has 1 heterocycles. The highest BCUT2D eigenvalue weighted by molar-refractivity contribution is 5.92. The van der Waals surface area contributed by atoms with E-state index in [9.17, 15) is 9.59 Å². The monoisotopic (exact) mass is 184 g/mol. The zero-order valence-electron chi connectivity index (χ0n) is 7.49. The molecule has 0 bridgehead atoms. The van der Waals surface area contributed by atoms with Crippen LogP contribution in [0.2, 0.25) is 0 Å². The minimum Gasteiger partial charge on any atom is -0.459 e. The van der Waals surface area contributed by atoms with Crippen LogP contribution in [-0.4, -0.2) is 25.2 Å². The summed E-state index contributed by atoms with van der Waals surface area (Å²) in [6.07, 6.45) is 3.84. The van der Waals surface area contributed by atoms with E-state index in [2.05, 4.69) is 16.1 Å². The molecule has 0 aromatic carbocycles. The van der Waals surface area contributed by atoms with E-state index in [4.69, 9.17) is 0 Å². The second kappa shape index (κ2) is 7.09. The molecular weight excluding hydrogens is 172 g/mol. The Morgan fingerprint density at radius 3 is 1.85 bits per heavy atom. The number of cyclic esters (lactones) is 2. The van der Waals surface area contributed by atoms with Crippen molar-refractivity contribution in [1.29, 1.82) is 0 Å². The van der Waals surface area contributed by atoms with Crippen LogP contribution in [0.1, 0.15) is 6.92 Å². The van der Waals surface area contributed by atoms with Gasteiger partial charge < -0.3 is 9.47 Å². The standard InChI is InChI=1S/C6H6O4.C3H6/c7-5-1-2-6(8)10-4-3-9-5;1-3-2/h1-2H,3-4H2;3H,1H2,2H3/b2-1-;. The summed E-state index contributed by atoms with van der Waals surface area (Å²) in [5, 5.41) is 0. The summed E-state index contributed by atoms with van der Waals surface area (Å²) < 4.78 is 9.06. The predicted molar refractivity (Wildman–Crippen MR) is 46.9 cm³/mol. The molecule has 0 atom stereocenters. The van der Waals surface area contributed by atoms with Crippen molar-refractivity contribution in [3.8, 4) is 0 Å². The summed E-state index contributed by atoms with van der Waals surface area (Å²) in [5.41, 5.74) is 0. The highest BCUT2D eigenvalue weighted by Gasteiger charge is 2.04. The number of ether oxygens (including phenoxy) is 2. The van der Waals surface area contributed by atoms with Gasteiger partial charge >= 0.3 is 11.9 Å². The Morgan fingerprint density at radius 1 is 1.23 bits per heavy atom. The van der Waals surface area contributed by atoms with Crippen LogP contribution in [0, 0.1) is 0 Å². The Hall–Kier alpha value is -1.58. The van der Waals surface area contributed by atoms with E-state index in [1.807, 2.05) is 6.92 Å². The maximum absolute atomic E-state index is 10.5. The van der Waals surface area contributed by atoms with Gasteiger partial charge in [-0.15, -0.1) is 6.58 Å². The molecule has 1 aliphatic rings. The second-order valence-corrected chi connectivity index (χ2v) is 2.08. The third kappa shape index (κ3) is 6.80. The Bertz CT molecular complexity index is 198. The van der Waals surface area contributed by atoms with Crippen molar-refractivity contribution in [2.75, 3.05) is 13.2 Å². The normalized spacial score (nSPS) is 17.9. The van der Waals surface area contributed by atoms with Crippen molar-refractivity contribution < 1.29 is 19.1 Å². The highest BCUT2D eigenvalue weighted by atomic mass is 16.6. The van der Waals surface area contributed by atoms with Crippen LogP contribution in [0.25, 0.3) is 0 Å². The smallest absolute Gasteiger partial charge is 0.331 e. The summed E-state index contributed by atoms with van der Waals surface area (Å²) in [7, 11) is 0. The van der Waals surface area contributed by atoms with Crippen LogP contribution in [-0.2, 0) is 19.1 Å². The zero-order valence-corrected chi connectivity index (χ0v) is 7.49. The van der Waals surface area contributed by atoms with Gasteiger partial charge in [-0.25, -0.2) is 9.59 Å². The van der Waals surface area contributed by atoms with Crippen LogP contribution in [0.5, 0.6) is 0 Å². The molecule has 0 amide bonds. The molecule has 0 aromatic rings. The fourth-order valence-electron chi connectivity index (χ4n) is 0.517. The molecule has 1 aliphatic heterocycles. The first-order valence-electron chi connectivity index (χ1n) is 3.79.